The Morgan fingerprint density at radius 1 is 1.11 bits per heavy atom. The van der Waals surface area contributed by atoms with E-state index in [1.54, 1.807) is 0 Å². The predicted molar refractivity (Wildman–Crippen MR) is 112 cm³/mol. The van der Waals surface area contributed by atoms with E-state index in [1.165, 1.54) is 12.0 Å². The standard InChI is InChI=1S/C22H32N2O2.ClH/c1-16(2)14-17-5-7-18(8-6-17)22(26)19-9-12-24(13-10-19)21(25)15-20-4-3-11-23-20;/h5-8,16,19-20,23H,3-4,9-15H2,1-2H3;1H. The fourth-order valence-corrected chi connectivity index (χ4v) is 4.17. The molecular weight excluding hydrogens is 360 g/mol. The van der Waals surface area contributed by atoms with E-state index in [0.717, 1.165) is 37.8 Å². The fraction of sp³-hybridized carbons (Fsp3) is 0.636. The van der Waals surface area contributed by atoms with Crippen molar-refractivity contribution in [3.8, 4) is 0 Å². The first-order chi connectivity index (χ1) is 12.5. The molecule has 1 atom stereocenters. The first-order valence-electron chi connectivity index (χ1n) is 10.2. The van der Waals surface area contributed by atoms with Crippen molar-refractivity contribution in [3.63, 3.8) is 0 Å². The van der Waals surface area contributed by atoms with Crippen LogP contribution in [-0.4, -0.2) is 42.3 Å². The molecule has 3 rings (SSSR count). The third-order valence-electron chi connectivity index (χ3n) is 5.68. The summed E-state index contributed by atoms with van der Waals surface area (Å²) < 4.78 is 0. The minimum atomic E-state index is 0. The van der Waals surface area contributed by atoms with E-state index in [9.17, 15) is 9.59 Å². The summed E-state index contributed by atoms with van der Waals surface area (Å²) in [6.07, 6.45) is 5.51. The number of rotatable bonds is 6. The van der Waals surface area contributed by atoms with Gasteiger partial charge in [-0.1, -0.05) is 38.1 Å². The Balaban J connectivity index is 0.00000261. The minimum Gasteiger partial charge on any atom is -0.343 e. The first kappa shape index (κ1) is 21.9. The lowest BCUT2D eigenvalue weighted by molar-refractivity contribution is -0.132. The van der Waals surface area contributed by atoms with Crippen LogP contribution in [0, 0.1) is 11.8 Å². The summed E-state index contributed by atoms with van der Waals surface area (Å²) in [5, 5.41) is 3.39. The zero-order valence-corrected chi connectivity index (χ0v) is 17.4. The van der Waals surface area contributed by atoms with Crippen molar-refractivity contribution in [1.82, 2.24) is 10.2 Å². The summed E-state index contributed by atoms with van der Waals surface area (Å²) in [6, 6.07) is 8.47. The van der Waals surface area contributed by atoms with Crippen molar-refractivity contribution in [2.45, 2.75) is 58.4 Å². The maximum absolute atomic E-state index is 12.8. The molecule has 2 aliphatic rings. The number of benzene rings is 1. The molecule has 4 nitrogen and oxygen atoms in total. The second kappa shape index (κ2) is 10.2. The molecule has 2 fully saturated rings. The Morgan fingerprint density at radius 3 is 2.33 bits per heavy atom. The number of likely N-dealkylation sites (tertiary alicyclic amines) is 1. The zero-order valence-electron chi connectivity index (χ0n) is 16.6. The van der Waals surface area contributed by atoms with Crippen LogP contribution in [0.5, 0.6) is 0 Å². The molecule has 27 heavy (non-hydrogen) atoms. The lowest BCUT2D eigenvalue weighted by atomic mass is 9.88. The molecule has 1 aromatic rings. The summed E-state index contributed by atoms with van der Waals surface area (Å²) >= 11 is 0. The van der Waals surface area contributed by atoms with E-state index >= 15 is 0 Å². The summed E-state index contributed by atoms with van der Waals surface area (Å²) in [7, 11) is 0. The van der Waals surface area contributed by atoms with E-state index in [0.29, 0.717) is 31.5 Å². The number of hydrogen-bond acceptors (Lipinski definition) is 3. The lowest BCUT2D eigenvalue weighted by Crippen LogP contribution is -2.42. The largest absolute Gasteiger partial charge is 0.343 e. The Kier molecular flexibility index (Phi) is 8.30. The average Bonchev–Trinajstić information content (AvgIpc) is 3.14. The van der Waals surface area contributed by atoms with Crippen molar-refractivity contribution in [2.75, 3.05) is 19.6 Å². The molecule has 1 amide bonds. The highest BCUT2D eigenvalue weighted by atomic mass is 35.5. The molecule has 0 aliphatic carbocycles. The van der Waals surface area contributed by atoms with Gasteiger partial charge < -0.3 is 10.2 Å². The number of piperidine rings is 1. The quantitative estimate of drug-likeness (QED) is 0.747. The van der Waals surface area contributed by atoms with Crippen LogP contribution in [-0.2, 0) is 11.2 Å². The minimum absolute atomic E-state index is 0. The van der Waals surface area contributed by atoms with Gasteiger partial charge in [0, 0.05) is 37.0 Å². The van der Waals surface area contributed by atoms with Crippen molar-refractivity contribution in [1.29, 1.82) is 0 Å². The van der Waals surface area contributed by atoms with Gasteiger partial charge in [-0.05, 0) is 50.1 Å². The monoisotopic (exact) mass is 392 g/mol. The second-order valence-corrected chi connectivity index (χ2v) is 8.31. The van der Waals surface area contributed by atoms with Crippen LogP contribution in [0.15, 0.2) is 24.3 Å². The number of hydrogen-bond donors (Lipinski definition) is 1. The van der Waals surface area contributed by atoms with Gasteiger partial charge in [-0.3, -0.25) is 9.59 Å². The molecule has 5 heteroatoms. The molecule has 2 aliphatic heterocycles. The molecule has 0 aromatic heterocycles. The van der Waals surface area contributed by atoms with Crippen LogP contribution in [0.1, 0.15) is 61.9 Å². The van der Waals surface area contributed by atoms with Gasteiger partial charge in [-0.15, -0.1) is 12.4 Å². The highest BCUT2D eigenvalue weighted by Gasteiger charge is 2.29. The van der Waals surface area contributed by atoms with Crippen molar-refractivity contribution in [3.05, 3.63) is 35.4 Å². The fourth-order valence-electron chi connectivity index (χ4n) is 4.17. The van der Waals surface area contributed by atoms with Crippen LogP contribution < -0.4 is 5.32 Å². The molecule has 0 radical (unpaired) electrons. The Labute approximate surface area is 169 Å². The highest BCUT2D eigenvalue weighted by molar-refractivity contribution is 5.98. The summed E-state index contributed by atoms with van der Waals surface area (Å²) in [5.41, 5.74) is 2.11. The normalized spacial score (nSPS) is 20.6. The van der Waals surface area contributed by atoms with Crippen molar-refractivity contribution in [2.24, 2.45) is 11.8 Å². The molecular formula is C22H33ClN2O2. The van der Waals surface area contributed by atoms with Crippen LogP contribution >= 0.6 is 12.4 Å². The van der Waals surface area contributed by atoms with Crippen LogP contribution in [0.25, 0.3) is 0 Å². The number of Topliss-reactive ketones (excluding diaryl/α,β-unsaturated/α-hetero) is 1. The summed E-state index contributed by atoms with van der Waals surface area (Å²) in [4.78, 5) is 27.2. The third kappa shape index (κ3) is 6.05. The van der Waals surface area contributed by atoms with Gasteiger partial charge in [0.15, 0.2) is 5.78 Å². The number of carbonyl (C=O) groups excluding carboxylic acids is 2. The second-order valence-electron chi connectivity index (χ2n) is 8.31. The van der Waals surface area contributed by atoms with Gasteiger partial charge >= 0.3 is 0 Å². The average molecular weight is 393 g/mol. The number of nitrogens with zero attached hydrogens (tertiary/aromatic N) is 1. The number of halogens is 1. The van der Waals surface area contributed by atoms with E-state index in [1.807, 2.05) is 17.0 Å². The Bertz CT molecular complexity index is 616. The topological polar surface area (TPSA) is 49.4 Å². The molecule has 0 spiro atoms. The maximum Gasteiger partial charge on any atom is 0.224 e. The van der Waals surface area contributed by atoms with E-state index in [2.05, 4.69) is 31.3 Å². The number of nitrogens with one attached hydrogen (secondary N) is 1. The van der Waals surface area contributed by atoms with Crippen molar-refractivity contribution < 1.29 is 9.59 Å². The maximum atomic E-state index is 12.8. The summed E-state index contributed by atoms with van der Waals surface area (Å²) in [6.45, 7) is 6.87. The zero-order chi connectivity index (χ0) is 18.5. The van der Waals surface area contributed by atoms with Crippen LogP contribution in [0.3, 0.4) is 0 Å². The van der Waals surface area contributed by atoms with Gasteiger partial charge in [-0.25, -0.2) is 0 Å². The number of ketones is 1. The molecule has 150 valence electrons. The Hall–Kier alpha value is -1.39. The van der Waals surface area contributed by atoms with Gasteiger partial charge in [0.2, 0.25) is 5.91 Å². The molecule has 2 heterocycles. The van der Waals surface area contributed by atoms with Crippen molar-refractivity contribution >= 4 is 24.1 Å². The molecule has 2 saturated heterocycles. The summed E-state index contributed by atoms with van der Waals surface area (Å²) in [5.74, 6) is 1.16. The SMILES string of the molecule is CC(C)Cc1ccc(C(=O)C2CCN(C(=O)CC3CCCN3)CC2)cc1.Cl. The number of carbonyl (C=O) groups is 2. The third-order valence-corrected chi connectivity index (χ3v) is 5.68. The van der Waals surface area contributed by atoms with Gasteiger partial charge in [-0.2, -0.15) is 0 Å². The van der Waals surface area contributed by atoms with E-state index in [-0.39, 0.29) is 30.0 Å². The van der Waals surface area contributed by atoms with E-state index in [4.69, 9.17) is 0 Å². The molecule has 0 saturated carbocycles. The Morgan fingerprint density at radius 2 is 1.78 bits per heavy atom. The lowest BCUT2D eigenvalue weighted by Gasteiger charge is -2.32. The van der Waals surface area contributed by atoms with Gasteiger partial charge in [0.1, 0.15) is 0 Å². The molecule has 1 unspecified atom stereocenters. The highest BCUT2D eigenvalue weighted by Crippen LogP contribution is 2.23. The van der Waals surface area contributed by atoms with E-state index < -0.39 is 0 Å². The molecule has 1 N–H and O–H groups in total. The predicted octanol–water partition coefficient (Wildman–Crippen LogP) is 3.87. The van der Waals surface area contributed by atoms with Crippen LogP contribution in [0.2, 0.25) is 0 Å². The number of amides is 1. The van der Waals surface area contributed by atoms with Gasteiger partial charge in [0.25, 0.3) is 0 Å². The van der Waals surface area contributed by atoms with Crippen LogP contribution in [0.4, 0.5) is 0 Å². The smallest absolute Gasteiger partial charge is 0.224 e. The first-order valence-corrected chi connectivity index (χ1v) is 10.2. The van der Waals surface area contributed by atoms with Gasteiger partial charge in [0.05, 0.1) is 0 Å². The molecule has 1 aromatic carbocycles. The molecule has 0 bridgehead atoms.